The molecule has 4 aromatic rings. The van der Waals surface area contributed by atoms with Crippen molar-refractivity contribution in [2.24, 2.45) is 0 Å². The lowest BCUT2D eigenvalue weighted by Gasteiger charge is -2.25. The minimum Gasteiger partial charge on any atom is -0.457 e. The number of halogens is 1. The minimum atomic E-state index is -0.533. The van der Waals surface area contributed by atoms with Crippen LogP contribution in [0.3, 0.4) is 0 Å². The lowest BCUT2D eigenvalue weighted by atomic mass is 10.1. The number of amides is 1. The summed E-state index contributed by atoms with van der Waals surface area (Å²) in [6.45, 7) is 3.62. The Morgan fingerprint density at radius 3 is 2.76 bits per heavy atom. The third-order valence-corrected chi connectivity index (χ3v) is 7.84. The van der Waals surface area contributed by atoms with Crippen molar-refractivity contribution in [1.82, 2.24) is 30.0 Å². The van der Waals surface area contributed by atoms with Gasteiger partial charge in [-0.3, -0.25) is 4.79 Å². The van der Waals surface area contributed by atoms with E-state index < -0.39 is 5.82 Å². The maximum atomic E-state index is 15.5. The van der Waals surface area contributed by atoms with Gasteiger partial charge < -0.3 is 20.7 Å². The summed E-state index contributed by atoms with van der Waals surface area (Å²) in [7, 11) is 0. The lowest BCUT2D eigenvalue weighted by Crippen LogP contribution is -2.40. The van der Waals surface area contributed by atoms with Gasteiger partial charge in [-0.1, -0.05) is 25.1 Å². The summed E-state index contributed by atoms with van der Waals surface area (Å²) in [4.78, 5) is 23.8. The molecule has 1 saturated heterocycles. The van der Waals surface area contributed by atoms with Crippen LogP contribution in [-0.2, 0) is 11.3 Å². The van der Waals surface area contributed by atoms with E-state index in [9.17, 15) is 10.1 Å². The van der Waals surface area contributed by atoms with Crippen molar-refractivity contribution in [2.45, 2.75) is 50.7 Å². The van der Waals surface area contributed by atoms with Crippen LogP contribution >= 0.6 is 0 Å². The SMILES string of the molecule is CCNC1(/C=C(\C#N)C(=O)N2CCC[C@H]2Cn2nc(-c3ccc(Oc4ccccc4)cc3F)c3c(N)ncnc32)CC1. The van der Waals surface area contributed by atoms with Crippen molar-refractivity contribution >= 4 is 22.8 Å². The number of carbonyl (C=O) groups is 1. The number of hydrogen-bond donors (Lipinski definition) is 2. The Morgan fingerprint density at radius 1 is 1.24 bits per heavy atom. The van der Waals surface area contributed by atoms with Gasteiger partial charge in [0.05, 0.1) is 18.0 Å². The van der Waals surface area contributed by atoms with Gasteiger partial charge in [-0.25, -0.2) is 19.0 Å². The second kappa shape index (κ2) is 11.2. The summed E-state index contributed by atoms with van der Waals surface area (Å²) >= 11 is 0. The zero-order valence-corrected chi connectivity index (χ0v) is 23.3. The average molecular weight is 567 g/mol. The first-order valence-electron chi connectivity index (χ1n) is 14.1. The molecule has 0 spiro atoms. The number of nitrogen functional groups attached to an aromatic ring is 1. The summed E-state index contributed by atoms with van der Waals surface area (Å²) in [6.07, 6.45) is 6.48. The number of rotatable bonds is 9. The van der Waals surface area contributed by atoms with E-state index in [1.807, 2.05) is 25.1 Å². The van der Waals surface area contributed by atoms with Crippen LogP contribution in [0.1, 0.15) is 32.6 Å². The Hall–Kier alpha value is -4.82. The van der Waals surface area contributed by atoms with E-state index in [1.165, 1.54) is 12.4 Å². The number of hydrogen-bond acceptors (Lipinski definition) is 8. The van der Waals surface area contributed by atoms with Crippen LogP contribution in [0.5, 0.6) is 11.5 Å². The molecule has 10 nitrogen and oxygen atoms in total. The molecule has 2 aliphatic rings. The molecule has 1 aliphatic heterocycles. The van der Waals surface area contributed by atoms with Gasteiger partial charge in [-0.05, 0) is 62.6 Å². The predicted octanol–water partition coefficient (Wildman–Crippen LogP) is 4.59. The van der Waals surface area contributed by atoms with Crippen molar-refractivity contribution < 1.29 is 13.9 Å². The smallest absolute Gasteiger partial charge is 0.264 e. The van der Waals surface area contributed by atoms with Gasteiger partial charge in [0.2, 0.25) is 0 Å². The number of aromatic nitrogens is 4. The Labute approximate surface area is 242 Å². The molecule has 214 valence electrons. The van der Waals surface area contributed by atoms with Crippen molar-refractivity contribution in [1.29, 1.82) is 5.26 Å². The van der Waals surface area contributed by atoms with Crippen molar-refractivity contribution in [2.75, 3.05) is 18.8 Å². The third kappa shape index (κ3) is 5.29. The van der Waals surface area contributed by atoms with Gasteiger partial charge in [0.1, 0.15) is 46.8 Å². The van der Waals surface area contributed by atoms with Crippen LogP contribution in [-0.4, -0.2) is 55.2 Å². The predicted molar refractivity (Wildman–Crippen MR) is 156 cm³/mol. The number of nitriles is 1. The highest BCUT2D eigenvalue weighted by Crippen LogP contribution is 2.38. The maximum Gasteiger partial charge on any atom is 0.264 e. The van der Waals surface area contributed by atoms with E-state index >= 15 is 4.39 Å². The number of benzene rings is 2. The summed E-state index contributed by atoms with van der Waals surface area (Å²) in [5, 5.41) is 18.4. The van der Waals surface area contributed by atoms with E-state index in [-0.39, 0.29) is 34.4 Å². The number of likely N-dealkylation sites (N-methyl/N-ethyl adjacent to an activating group) is 1. The van der Waals surface area contributed by atoms with Crippen molar-refractivity contribution in [3.63, 3.8) is 0 Å². The van der Waals surface area contributed by atoms with Gasteiger partial charge in [0.25, 0.3) is 5.91 Å². The topological polar surface area (TPSA) is 135 Å². The number of likely N-dealkylation sites (tertiary alicyclic amines) is 1. The fourth-order valence-electron chi connectivity index (χ4n) is 5.65. The second-order valence-electron chi connectivity index (χ2n) is 10.7. The fraction of sp³-hybridized carbons (Fsp3) is 0.323. The molecule has 11 heteroatoms. The molecular weight excluding hydrogens is 535 g/mol. The largest absolute Gasteiger partial charge is 0.457 e. The highest BCUT2D eigenvalue weighted by Gasteiger charge is 2.42. The van der Waals surface area contributed by atoms with E-state index in [0.29, 0.717) is 41.3 Å². The first kappa shape index (κ1) is 27.4. The summed E-state index contributed by atoms with van der Waals surface area (Å²) < 4.78 is 22.9. The van der Waals surface area contributed by atoms with Crippen molar-refractivity contribution in [3.05, 3.63) is 72.3 Å². The first-order chi connectivity index (χ1) is 20.4. The molecule has 0 bridgehead atoms. The Bertz CT molecular complexity index is 1710. The van der Waals surface area contributed by atoms with Crippen LogP contribution in [0.25, 0.3) is 22.3 Å². The van der Waals surface area contributed by atoms with Crippen LogP contribution in [0.2, 0.25) is 0 Å². The van der Waals surface area contributed by atoms with Gasteiger partial charge >= 0.3 is 0 Å². The number of nitrogens with two attached hydrogens (primary N) is 1. The maximum absolute atomic E-state index is 15.5. The molecule has 6 rings (SSSR count). The number of fused-ring (bicyclic) bond motifs is 1. The lowest BCUT2D eigenvalue weighted by molar-refractivity contribution is -0.127. The number of para-hydroxylation sites is 1. The molecule has 0 unspecified atom stereocenters. The summed E-state index contributed by atoms with van der Waals surface area (Å²) in [5.41, 5.74) is 7.12. The van der Waals surface area contributed by atoms with Gasteiger partial charge in [0, 0.05) is 23.7 Å². The van der Waals surface area contributed by atoms with E-state index in [0.717, 1.165) is 32.2 Å². The first-order valence-corrected chi connectivity index (χ1v) is 14.1. The molecule has 1 atom stereocenters. The molecule has 42 heavy (non-hydrogen) atoms. The molecule has 2 aromatic heterocycles. The van der Waals surface area contributed by atoms with Gasteiger partial charge in [-0.15, -0.1) is 0 Å². The normalized spacial score (nSPS) is 17.8. The number of anilines is 1. The van der Waals surface area contributed by atoms with E-state index in [4.69, 9.17) is 15.6 Å². The quantitative estimate of drug-likeness (QED) is 0.222. The molecule has 3 N–H and O–H groups in total. The van der Waals surface area contributed by atoms with Crippen LogP contribution in [0.15, 0.2) is 66.5 Å². The van der Waals surface area contributed by atoms with Crippen LogP contribution in [0.4, 0.5) is 10.2 Å². The highest BCUT2D eigenvalue weighted by atomic mass is 19.1. The third-order valence-electron chi connectivity index (χ3n) is 7.84. The summed E-state index contributed by atoms with van der Waals surface area (Å²) in [5.74, 6) is 0.303. The molecular formula is C31H31FN8O2. The van der Waals surface area contributed by atoms with Gasteiger partial charge in [0.15, 0.2) is 5.65 Å². The van der Waals surface area contributed by atoms with E-state index in [1.54, 1.807) is 39.9 Å². The summed E-state index contributed by atoms with van der Waals surface area (Å²) in [6, 6.07) is 15.6. The minimum absolute atomic E-state index is 0.151. The highest BCUT2D eigenvalue weighted by molar-refractivity contribution is 5.99. The zero-order chi connectivity index (χ0) is 29.3. The molecule has 3 heterocycles. The van der Waals surface area contributed by atoms with Gasteiger partial charge in [-0.2, -0.15) is 10.4 Å². The van der Waals surface area contributed by atoms with Crippen LogP contribution in [0, 0.1) is 17.1 Å². The molecule has 2 fully saturated rings. The van der Waals surface area contributed by atoms with E-state index in [2.05, 4.69) is 21.4 Å². The molecule has 1 aliphatic carbocycles. The standard InChI is InChI=1S/C31H31FN8O2/c1-2-37-31(12-13-31)16-20(17-33)30(41)39-14-6-7-21(39)18-40-29-26(28(34)35-19-36-29)27(38-40)24-11-10-23(15-25(24)32)42-22-8-4-3-5-9-22/h3-5,8-11,15-16,19,21,37H,2,6-7,12-14,18H2,1H3,(H2,34,35,36)/b20-16+/t21-/m0/s1. The number of carbonyl (C=O) groups excluding carboxylic acids is 1. The fourth-order valence-corrected chi connectivity index (χ4v) is 5.65. The Kier molecular flexibility index (Phi) is 7.31. The molecule has 0 radical (unpaired) electrons. The molecule has 2 aromatic carbocycles. The second-order valence-corrected chi connectivity index (χ2v) is 10.7. The Balaban J connectivity index is 1.29. The number of nitrogens with one attached hydrogen (secondary N) is 1. The zero-order valence-electron chi connectivity index (χ0n) is 23.3. The Morgan fingerprint density at radius 2 is 2.05 bits per heavy atom. The molecule has 1 amide bonds. The number of nitrogens with zero attached hydrogens (tertiary/aromatic N) is 6. The number of ether oxygens (including phenoxy) is 1. The average Bonchev–Trinajstić information content (AvgIpc) is 3.41. The van der Waals surface area contributed by atoms with Crippen LogP contribution < -0.4 is 15.8 Å². The van der Waals surface area contributed by atoms with Crippen molar-refractivity contribution in [3.8, 4) is 28.8 Å². The molecule has 1 saturated carbocycles. The monoisotopic (exact) mass is 566 g/mol.